The van der Waals surface area contributed by atoms with Crippen LogP contribution in [0, 0.1) is 11.7 Å². The van der Waals surface area contributed by atoms with Gasteiger partial charge in [-0.05, 0) is 44.0 Å². The molecule has 0 aromatic heterocycles. The number of ether oxygens (including phenoxy) is 1. The molecule has 0 radical (unpaired) electrons. The minimum absolute atomic E-state index is 0.145. The summed E-state index contributed by atoms with van der Waals surface area (Å²) in [6.07, 6.45) is 4.64. The van der Waals surface area contributed by atoms with E-state index in [0.29, 0.717) is 18.3 Å². The van der Waals surface area contributed by atoms with Crippen LogP contribution in [0.25, 0.3) is 0 Å². The summed E-state index contributed by atoms with van der Waals surface area (Å²) in [6.45, 7) is 6.97. The summed E-state index contributed by atoms with van der Waals surface area (Å²) in [6, 6.07) is 5.37. The van der Waals surface area contributed by atoms with E-state index in [1.165, 1.54) is 12.8 Å². The first-order chi connectivity index (χ1) is 9.62. The van der Waals surface area contributed by atoms with Crippen LogP contribution in [0.3, 0.4) is 0 Å². The molecular weight excluding hydrogens is 253 g/mol. The van der Waals surface area contributed by atoms with Gasteiger partial charge in [-0.25, -0.2) is 4.39 Å². The fourth-order valence-electron chi connectivity index (χ4n) is 2.18. The maximum atomic E-state index is 14.0. The van der Waals surface area contributed by atoms with Gasteiger partial charge in [0.25, 0.3) is 0 Å². The lowest BCUT2D eigenvalue weighted by atomic mass is 10.0. The molecule has 1 N–H and O–H groups in total. The predicted molar refractivity (Wildman–Crippen MR) is 82.7 cm³/mol. The molecule has 114 valence electrons. The zero-order valence-corrected chi connectivity index (χ0v) is 13.2. The van der Waals surface area contributed by atoms with Crippen LogP contribution in [0.1, 0.15) is 58.1 Å². The van der Waals surface area contributed by atoms with E-state index in [2.05, 4.69) is 19.2 Å². The highest BCUT2D eigenvalue weighted by Gasteiger charge is 2.11. The van der Waals surface area contributed by atoms with Crippen molar-refractivity contribution in [2.45, 2.75) is 52.5 Å². The molecule has 3 heteroatoms. The molecule has 0 bridgehead atoms. The molecule has 20 heavy (non-hydrogen) atoms. The maximum absolute atomic E-state index is 14.0. The van der Waals surface area contributed by atoms with Crippen LogP contribution in [0.5, 0.6) is 5.75 Å². The van der Waals surface area contributed by atoms with Gasteiger partial charge in [0.2, 0.25) is 0 Å². The summed E-state index contributed by atoms with van der Waals surface area (Å²) in [5.41, 5.74) is 0.940. The summed E-state index contributed by atoms with van der Waals surface area (Å²) in [5.74, 6) is 0.618. The molecule has 2 atom stereocenters. The largest absolute Gasteiger partial charge is 0.490 e. The minimum atomic E-state index is -0.269. The van der Waals surface area contributed by atoms with Crippen molar-refractivity contribution in [1.82, 2.24) is 5.32 Å². The second kappa shape index (κ2) is 8.96. The molecule has 0 saturated heterocycles. The maximum Gasteiger partial charge on any atom is 0.165 e. The van der Waals surface area contributed by atoms with Gasteiger partial charge in [0.05, 0.1) is 6.61 Å². The molecule has 0 aliphatic carbocycles. The molecule has 0 saturated carbocycles. The molecular formula is C17H28FNO. The Morgan fingerprint density at radius 2 is 2.05 bits per heavy atom. The Bertz CT molecular complexity index is 395. The van der Waals surface area contributed by atoms with Gasteiger partial charge in [0.15, 0.2) is 11.6 Å². The predicted octanol–water partition coefficient (Wildman–Crippen LogP) is 4.70. The SMILES string of the molecule is CCCCC(CC)COc1ccc(C(C)NC)cc1F. The number of hydrogen-bond donors (Lipinski definition) is 1. The first kappa shape index (κ1) is 17.0. The topological polar surface area (TPSA) is 21.3 Å². The van der Waals surface area contributed by atoms with E-state index in [1.54, 1.807) is 12.1 Å². The first-order valence-electron chi connectivity index (χ1n) is 7.71. The first-order valence-corrected chi connectivity index (χ1v) is 7.71. The van der Waals surface area contributed by atoms with Crippen LogP contribution in [0.4, 0.5) is 4.39 Å². The molecule has 1 aromatic rings. The van der Waals surface area contributed by atoms with Crippen molar-refractivity contribution in [2.24, 2.45) is 5.92 Å². The Morgan fingerprint density at radius 1 is 1.30 bits per heavy atom. The van der Waals surface area contributed by atoms with Crippen LogP contribution < -0.4 is 10.1 Å². The lowest BCUT2D eigenvalue weighted by Gasteiger charge is -2.17. The van der Waals surface area contributed by atoms with Crippen molar-refractivity contribution in [1.29, 1.82) is 0 Å². The average Bonchev–Trinajstić information content (AvgIpc) is 2.47. The van der Waals surface area contributed by atoms with Crippen molar-refractivity contribution < 1.29 is 9.13 Å². The fourth-order valence-corrected chi connectivity index (χ4v) is 2.18. The smallest absolute Gasteiger partial charge is 0.165 e. The summed E-state index contributed by atoms with van der Waals surface area (Å²) >= 11 is 0. The average molecular weight is 281 g/mol. The highest BCUT2D eigenvalue weighted by Crippen LogP contribution is 2.23. The standard InChI is InChI=1S/C17H28FNO/c1-5-7-8-14(6-2)12-20-17-10-9-15(11-16(17)18)13(3)19-4/h9-11,13-14,19H,5-8,12H2,1-4H3. The molecule has 0 heterocycles. The normalized spacial score (nSPS) is 14.1. The Morgan fingerprint density at radius 3 is 2.60 bits per heavy atom. The van der Waals surface area contributed by atoms with Crippen LogP contribution in [0.2, 0.25) is 0 Å². The summed E-state index contributed by atoms with van der Waals surface area (Å²) in [7, 11) is 1.87. The van der Waals surface area contributed by atoms with E-state index in [0.717, 1.165) is 18.4 Å². The van der Waals surface area contributed by atoms with Gasteiger partial charge in [-0.3, -0.25) is 0 Å². The van der Waals surface area contributed by atoms with Crippen molar-refractivity contribution in [3.05, 3.63) is 29.6 Å². The highest BCUT2D eigenvalue weighted by molar-refractivity contribution is 5.30. The van der Waals surface area contributed by atoms with Gasteiger partial charge in [-0.2, -0.15) is 0 Å². The zero-order chi connectivity index (χ0) is 15.0. The van der Waals surface area contributed by atoms with Crippen LogP contribution in [-0.4, -0.2) is 13.7 Å². The van der Waals surface area contributed by atoms with Gasteiger partial charge >= 0.3 is 0 Å². The van der Waals surface area contributed by atoms with Gasteiger partial charge in [0, 0.05) is 6.04 Å². The molecule has 0 fully saturated rings. The molecule has 2 unspecified atom stereocenters. The highest BCUT2D eigenvalue weighted by atomic mass is 19.1. The molecule has 0 spiro atoms. The van der Waals surface area contributed by atoms with Crippen molar-refractivity contribution in [3.8, 4) is 5.75 Å². The third-order valence-electron chi connectivity index (χ3n) is 3.91. The molecule has 2 nitrogen and oxygen atoms in total. The number of unbranched alkanes of at least 4 members (excludes halogenated alkanes) is 1. The molecule has 1 aromatic carbocycles. The number of hydrogen-bond acceptors (Lipinski definition) is 2. The number of rotatable bonds is 9. The quantitative estimate of drug-likeness (QED) is 0.708. The van der Waals surface area contributed by atoms with E-state index in [-0.39, 0.29) is 11.9 Å². The zero-order valence-electron chi connectivity index (χ0n) is 13.2. The van der Waals surface area contributed by atoms with Gasteiger partial charge in [0.1, 0.15) is 0 Å². The fraction of sp³-hybridized carbons (Fsp3) is 0.647. The lowest BCUT2D eigenvalue weighted by molar-refractivity contribution is 0.225. The molecule has 1 rings (SSSR count). The summed E-state index contributed by atoms with van der Waals surface area (Å²) in [5, 5.41) is 3.10. The van der Waals surface area contributed by atoms with Crippen LogP contribution in [0.15, 0.2) is 18.2 Å². The Labute approximate surface area is 122 Å². The van der Waals surface area contributed by atoms with Crippen LogP contribution in [-0.2, 0) is 0 Å². The summed E-state index contributed by atoms with van der Waals surface area (Å²) < 4.78 is 19.7. The van der Waals surface area contributed by atoms with Gasteiger partial charge < -0.3 is 10.1 Å². The third kappa shape index (κ3) is 5.12. The Balaban J connectivity index is 2.59. The summed E-state index contributed by atoms with van der Waals surface area (Å²) in [4.78, 5) is 0. The van der Waals surface area contributed by atoms with Crippen molar-refractivity contribution in [2.75, 3.05) is 13.7 Å². The number of nitrogens with one attached hydrogen (secondary N) is 1. The van der Waals surface area contributed by atoms with E-state index in [1.807, 2.05) is 20.0 Å². The van der Waals surface area contributed by atoms with Crippen molar-refractivity contribution in [3.63, 3.8) is 0 Å². The Hall–Kier alpha value is -1.09. The molecule has 0 amide bonds. The van der Waals surface area contributed by atoms with Crippen molar-refractivity contribution >= 4 is 0 Å². The second-order valence-electron chi connectivity index (χ2n) is 5.43. The molecule has 0 aliphatic rings. The lowest BCUT2D eigenvalue weighted by Crippen LogP contribution is -2.14. The molecule has 0 aliphatic heterocycles. The third-order valence-corrected chi connectivity index (χ3v) is 3.91. The van der Waals surface area contributed by atoms with Gasteiger partial charge in [-0.1, -0.05) is 39.2 Å². The van der Waals surface area contributed by atoms with E-state index < -0.39 is 0 Å². The Kier molecular flexibility index (Phi) is 7.60. The second-order valence-corrected chi connectivity index (χ2v) is 5.43. The van der Waals surface area contributed by atoms with E-state index >= 15 is 0 Å². The van der Waals surface area contributed by atoms with E-state index in [9.17, 15) is 4.39 Å². The monoisotopic (exact) mass is 281 g/mol. The number of benzene rings is 1. The number of halogens is 1. The van der Waals surface area contributed by atoms with Crippen LogP contribution >= 0.6 is 0 Å². The minimum Gasteiger partial charge on any atom is -0.490 e. The van der Waals surface area contributed by atoms with Gasteiger partial charge in [-0.15, -0.1) is 0 Å². The van der Waals surface area contributed by atoms with E-state index in [4.69, 9.17) is 4.74 Å².